The lowest BCUT2D eigenvalue weighted by Crippen LogP contribution is -2.19. The third-order valence-corrected chi connectivity index (χ3v) is 5.35. The van der Waals surface area contributed by atoms with Crippen molar-refractivity contribution in [1.82, 2.24) is 5.32 Å². The van der Waals surface area contributed by atoms with Gasteiger partial charge in [0.1, 0.15) is 11.5 Å². The number of fused-ring (bicyclic) bond motifs is 1. The van der Waals surface area contributed by atoms with E-state index in [9.17, 15) is 9.90 Å². The fourth-order valence-electron chi connectivity index (χ4n) is 3.39. The Kier molecular flexibility index (Phi) is 9.16. The first-order valence-electron chi connectivity index (χ1n) is 10.9. The summed E-state index contributed by atoms with van der Waals surface area (Å²) in [4.78, 5) is 12.9. The maximum atomic E-state index is 12.9. The highest BCUT2D eigenvalue weighted by atomic mass is 35.5. The van der Waals surface area contributed by atoms with Gasteiger partial charge in [0.25, 0.3) is 5.91 Å². The molecule has 0 radical (unpaired) electrons. The number of ether oxygens (including phenoxy) is 1. The Bertz CT molecular complexity index is 1040. The summed E-state index contributed by atoms with van der Waals surface area (Å²) in [5.74, 6) is 0.00353. The third kappa shape index (κ3) is 6.85. The molecule has 0 heterocycles. The van der Waals surface area contributed by atoms with E-state index < -0.39 is 5.91 Å². The van der Waals surface area contributed by atoms with E-state index in [0.29, 0.717) is 23.1 Å². The summed E-state index contributed by atoms with van der Waals surface area (Å²) in [6.45, 7) is 3.04. The highest BCUT2D eigenvalue weighted by molar-refractivity contribution is 6.30. The van der Waals surface area contributed by atoms with Crippen LogP contribution in [0.3, 0.4) is 0 Å². The number of aromatic hydroxyl groups is 1. The number of carbonyl (C=O) groups is 1. The van der Waals surface area contributed by atoms with Gasteiger partial charge in [-0.1, -0.05) is 42.3 Å². The van der Waals surface area contributed by atoms with Crippen molar-refractivity contribution in [3.05, 3.63) is 65.2 Å². The minimum atomic E-state index is -0.417. The molecule has 170 valence electrons. The van der Waals surface area contributed by atoms with Gasteiger partial charge in [0.2, 0.25) is 0 Å². The van der Waals surface area contributed by atoms with Crippen LogP contribution in [0.5, 0.6) is 11.5 Å². The van der Waals surface area contributed by atoms with Crippen LogP contribution in [0.25, 0.3) is 10.8 Å². The fraction of sp³-hybridized carbons (Fsp3) is 0.320. The lowest BCUT2D eigenvalue weighted by atomic mass is 10.1. The molecule has 0 atom stereocenters. The standard InChI is InChI=1S/C25H30ClN3O3/c26-20-9-10-22(24(17-20)32-14-6-13-28-12-5-1-4-11-27)29-25(31)21-15-18-7-2-3-8-19(18)16-23(21)30/h2-3,7-10,15-17,28,30H,1,4-6,11-14,27H2,(H,29,31). The van der Waals surface area contributed by atoms with Gasteiger partial charge in [0.05, 0.1) is 17.9 Å². The van der Waals surface area contributed by atoms with E-state index in [1.54, 1.807) is 30.3 Å². The van der Waals surface area contributed by atoms with Gasteiger partial charge < -0.3 is 26.2 Å². The van der Waals surface area contributed by atoms with Crippen LogP contribution in [0.15, 0.2) is 54.6 Å². The van der Waals surface area contributed by atoms with Gasteiger partial charge in [-0.2, -0.15) is 0 Å². The molecular formula is C25H30ClN3O3. The van der Waals surface area contributed by atoms with Crippen molar-refractivity contribution in [1.29, 1.82) is 0 Å². The summed E-state index contributed by atoms with van der Waals surface area (Å²) in [7, 11) is 0. The fourth-order valence-corrected chi connectivity index (χ4v) is 3.56. The number of rotatable bonds is 12. The number of nitrogens with two attached hydrogens (primary N) is 1. The highest BCUT2D eigenvalue weighted by Gasteiger charge is 2.15. The number of unbranched alkanes of at least 4 members (excludes halogenated alkanes) is 2. The molecule has 0 saturated carbocycles. The molecule has 3 rings (SSSR count). The lowest BCUT2D eigenvalue weighted by molar-refractivity contribution is 0.102. The third-order valence-electron chi connectivity index (χ3n) is 5.11. The predicted octanol–water partition coefficient (Wildman–Crippen LogP) is 4.94. The van der Waals surface area contributed by atoms with E-state index in [-0.39, 0.29) is 11.3 Å². The molecule has 0 aliphatic carbocycles. The minimum Gasteiger partial charge on any atom is -0.507 e. The van der Waals surface area contributed by atoms with Crippen molar-refractivity contribution < 1.29 is 14.6 Å². The average Bonchev–Trinajstić information content (AvgIpc) is 2.79. The summed E-state index contributed by atoms with van der Waals surface area (Å²) in [5.41, 5.74) is 6.19. The molecule has 0 spiro atoms. The van der Waals surface area contributed by atoms with Crippen molar-refractivity contribution in [2.75, 3.05) is 31.6 Å². The van der Waals surface area contributed by atoms with Crippen molar-refractivity contribution in [2.45, 2.75) is 25.7 Å². The zero-order valence-corrected chi connectivity index (χ0v) is 18.8. The first kappa shape index (κ1) is 23.9. The Hall–Kier alpha value is -2.80. The molecule has 0 bridgehead atoms. The second-order valence-electron chi connectivity index (χ2n) is 7.61. The van der Waals surface area contributed by atoms with Crippen LogP contribution >= 0.6 is 11.6 Å². The van der Waals surface area contributed by atoms with E-state index >= 15 is 0 Å². The smallest absolute Gasteiger partial charge is 0.259 e. The first-order valence-corrected chi connectivity index (χ1v) is 11.3. The second-order valence-corrected chi connectivity index (χ2v) is 8.05. The quantitative estimate of drug-likeness (QED) is 0.290. The highest BCUT2D eigenvalue weighted by Crippen LogP contribution is 2.31. The van der Waals surface area contributed by atoms with Gasteiger partial charge in [0.15, 0.2) is 0 Å². The summed E-state index contributed by atoms with van der Waals surface area (Å²) in [6.07, 6.45) is 4.13. The van der Waals surface area contributed by atoms with Crippen LogP contribution < -0.4 is 21.1 Å². The average molecular weight is 456 g/mol. The molecule has 3 aromatic carbocycles. The molecule has 0 aromatic heterocycles. The second kappa shape index (κ2) is 12.3. The molecule has 0 fully saturated rings. The van der Waals surface area contributed by atoms with E-state index in [2.05, 4.69) is 10.6 Å². The number of halogens is 1. The van der Waals surface area contributed by atoms with Crippen LogP contribution in [-0.2, 0) is 0 Å². The number of nitrogens with one attached hydrogen (secondary N) is 2. The zero-order chi connectivity index (χ0) is 22.8. The summed E-state index contributed by atoms with van der Waals surface area (Å²) < 4.78 is 5.88. The molecule has 32 heavy (non-hydrogen) atoms. The van der Waals surface area contributed by atoms with E-state index in [1.807, 2.05) is 24.3 Å². The summed E-state index contributed by atoms with van der Waals surface area (Å²) >= 11 is 6.13. The van der Waals surface area contributed by atoms with E-state index in [0.717, 1.165) is 56.1 Å². The molecule has 0 saturated heterocycles. The maximum absolute atomic E-state index is 12.9. The van der Waals surface area contributed by atoms with Gasteiger partial charge >= 0.3 is 0 Å². The van der Waals surface area contributed by atoms with Crippen LogP contribution in [-0.4, -0.2) is 37.3 Å². The molecule has 3 aromatic rings. The number of phenols is 1. The van der Waals surface area contributed by atoms with Gasteiger partial charge in [0, 0.05) is 11.1 Å². The van der Waals surface area contributed by atoms with Gasteiger partial charge in [-0.3, -0.25) is 4.79 Å². The van der Waals surface area contributed by atoms with Crippen molar-refractivity contribution in [2.24, 2.45) is 5.73 Å². The van der Waals surface area contributed by atoms with Crippen molar-refractivity contribution >= 4 is 34.0 Å². The number of hydrogen-bond donors (Lipinski definition) is 4. The van der Waals surface area contributed by atoms with Gasteiger partial charge in [-0.15, -0.1) is 0 Å². The van der Waals surface area contributed by atoms with Gasteiger partial charge in [-0.05, 0) is 73.9 Å². The lowest BCUT2D eigenvalue weighted by Gasteiger charge is -2.14. The number of carbonyl (C=O) groups excluding carboxylic acids is 1. The SMILES string of the molecule is NCCCCCNCCCOc1cc(Cl)ccc1NC(=O)c1cc2ccccc2cc1O. The Labute approximate surface area is 193 Å². The van der Waals surface area contributed by atoms with Gasteiger partial charge in [-0.25, -0.2) is 0 Å². The number of phenolic OH excluding ortho intramolecular Hbond substituents is 1. The predicted molar refractivity (Wildman–Crippen MR) is 131 cm³/mol. The zero-order valence-electron chi connectivity index (χ0n) is 18.1. The molecule has 5 N–H and O–H groups in total. The molecule has 6 nitrogen and oxygen atoms in total. The summed E-state index contributed by atoms with van der Waals surface area (Å²) in [6, 6.07) is 15.9. The number of anilines is 1. The van der Waals surface area contributed by atoms with Crippen LogP contribution in [0.4, 0.5) is 5.69 Å². The number of amides is 1. The Morgan fingerprint density at radius 2 is 1.72 bits per heavy atom. The topological polar surface area (TPSA) is 96.6 Å². The largest absolute Gasteiger partial charge is 0.507 e. The molecular weight excluding hydrogens is 426 g/mol. The molecule has 0 aliphatic rings. The van der Waals surface area contributed by atoms with E-state index in [1.165, 1.54) is 0 Å². The van der Waals surface area contributed by atoms with E-state index in [4.69, 9.17) is 22.1 Å². The Balaban J connectivity index is 1.58. The molecule has 0 unspecified atom stereocenters. The Morgan fingerprint density at radius 3 is 2.50 bits per heavy atom. The first-order chi connectivity index (χ1) is 15.6. The molecule has 7 heteroatoms. The number of benzene rings is 3. The maximum Gasteiger partial charge on any atom is 0.259 e. The van der Waals surface area contributed by atoms with Crippen LogP contribution in [0.2, 0.25) is 5.02 Å². The molecule has 1 amide bonds. The Morgan fingerprint density at radius 1 is 0.969 bits per heavy atom. The molecule has 0 aliphatic heterocycles. The normalized spacial score (nSPS) is 10.9. The van der Waals surface area contributed by atoms with Crippen molar-refractivity contribution in [3.8, 4) is 11.5 Å². The summed E-state index contributed by atoms with van der Waals surface area (Å²) in [5, 5.41) is 18.8. The van der Waals surface area contributed by atoms with Crippen LogP contribution in [0, 0.1) is 0 Å². The monoisotopic (exact) mass is 455 g/mol. The number of hydrogen-bond acceptors (Lipinski definition) is 5. The van der Waals surface area contributed by atoms with Crippen LogP contribution in [0.1, 0.15) is 36.0 Å². The van der Waals surface area contributed by atoms with Crippen molar-refractivity contribution in [3.63, 3.8) is 0 Å². The minimum absolute atomic E-state index is 0.0739.